The van der Waals surface area contributed by atoms with Crippen molar-refractivity contribution in [2.45, 2.75) is 6.42 Å². The van der Waals surface area contributed by atoms with Crippen LogP contribution in [0.2, 0.25) is 0 Å². The van der Waals surface area contributed by atoms with Gasteiger partial charge >= 0.3 is 0 Å². The zero-order valence-electron chi connectivity index (χ0n) is 8.03. The van der Waals surface area contributed by atoms with E-state index in [9.17, 15) is 4.79 Å². The molecular formula is C12H9NOS. The van der Waals surface area contributed by atoms with Crippen molar-refractivity contribution in [3.63, 3.8) is 0 Å². The Morgan fingerprint density at radius 3 is 2.53 bits per heavy atom. The summed E-state index contributed by atoms with van der Waals surface area (Å²) in [6, 6.07) is 8.72. The third-order valence-corrected chi connectivity index (χ3v) is 1.92. The van der Waals surface area contributed by atoms with E-state index in [1.54, 1.807) is 24.3 Å². The van der Waals surface area contributed by atoms with E-state index < -0.39 is 0 Å². The Bertz CT molecular complexity index is 445. The summed E-state index contributed by atoms with van der Waals surface area (Å²) in [6.07, 6.45) is -0.0817. The van der Waals surface area contributed by atoms with Crippen molar-refractivity contribution in [3.05, 3.63) is 35.4 Å². The first kappa shape index (κ1) is 11.4. The number of Topliss-reactive ketones (excluding diaryl/α,β-unsaturated/α-hetero) is 1. The molecule has 1 aromatic rings. The van der Waals surface area contributed by atoms with Crippen LogP contribution in [-0.2, 0) is 0 Å². The Hall–Kier alpha value is -1.71. The summed E-state index contributed by atoms with van der Waals surface area (Å²) < 4.78 is 0. The molecule has 0 aliphatic heterocycles. The largest absolute Gasteiger partial charge is 0.293 e. The van der Waals surface area contributed by atoms with Crippen molar-refractivity contribution in [2.75, 3.05) is 5.75 Å². The lowest BCUT2D eigenvalue weighted by atomic mass is 10.1. The van der Waals surface area contributed by atoms with Crippen LogP contribution < -0.4 is 0 Å². The lowest BCUT2D eigenvalue weighted by Gasteiger charge is -1.96. The highest BCUT2D eigenvalue weighted by molar-refractivity contribution is 7.80. The van der Waals surface area contributed by atoms with E-state index in [1.807, 2.05) is 6.07 Å². The number of rotatable bonds is 2. The highest BCUT2D eigenvalue weighted by atomic mass is 32.1. The maximum atomic E-state index is 11.3. The van der Waals surface area contributed by atoms with Crippen molar-refractivity contribution < 1.29 is 4.79 Å². The summed E-state index contributed by atoms with van der Waals surface area (Å²) >= 11 is 3.97. The average Bonchev–Trinajstić information content (AvgIpc) is 2.27. The number of benzene rings is 1. The molecule has 0 bridgehead atoms. The van der Waals surface area contributed by atoms with Crippen LogP contribution >= 0.6 is 12.6 Å². The molecule has 0 unspecified atom stereocenters. The number of nitrogens with zero attached hydrogens (tertiary/aromatic N) is 1. The van der Waals surface area contributed by atoms with E-state index in [0.29, 0.717) is 11.3 Å². The molecule has 3 heteroatoms. The fraction of sp³-hybridized carbons (Fsp3) is 0.167. The van der Waals surface area contributed by atoms with Crippen LogP contribution in [-0.4, -0.2) is 11.5 Å². The van der Waals surface area contributed by atoms with Gasteiger partial charge in [-0.1, -0.05) is 24.0 Å². The summed E-state index contributed by atoms with van der Waals surface area (Å²) in [5, 5.41) is 8.37. The molecule has 0 fully saturated rings. The van der Waals surface area contributed by atoms with E-state index in [0.717, 1.165) is 5.56 Å². The monoisotopic (exact) mass is 215 g/mol. The predicted molar refractivity (Wildman–Crippen MR) is 61.7 cm³/mol. The average molecular weight is 215 g/mol. The minimum absolute atomic E-state index is 0.0817. The second-order valence-corrected chi connectivity index (χ2v) is 3.11. The van der Waals surface area contributed by atoms with Crippen molar-refractivity contribution in [3.8, 4) is 17.9 Å². The SMILES string of the molecule is N#CCC(=O)c1ccc(C#CCS)cc1. The molecule has 0 spiro atoms. The first-order valence-electron chi connectivity index (χ1n) is 4.38. The van der Waals surface area contributed by atoms with Crippen molar-refractivity contribution in [2.24, 2.45) is 0 Å². The molecule has 1 rings (SSSR count). The molecule has 0 aromatic heterocycles. The Labute approximate surface area is 94.3 Å². The molecule has 0 N–H and O–H groups in total. The van der Waals surface area contributed by atoms with E-state index in [1.165, 1.54) is 0 Å². The quantitative estimate of drug-likeness (QED) is 0.466. The van der Waals surface area contributed by atoms with Gasteiger partial charge in [0.1, 0.15) is 0 Å². The van der Waals surface area contributed by atoms with Crippen LogP contribution in [0.1, 0.15) is 22.3 Å². The van der Waals surface area contributed by atoms with Gasteiger partial charge in [-0.3, -0.25) is 4.79 Å². The van der Waals surface area contributed by atoms with Gasteiger partial charge in [0.2, 0.25) is 0 Å². The van der Waals surface area contributed by atoms with Gasteiger partial charge in [-0.2, -0.15) is 17.9 Å². The minimum atomic E-state index is -0.161. The summed E-state index contributed by atoms with van der Waals surface area (Å²) in [7, 11) is 0. The van der Waals surface area contributed by atoms with Crippen LogP contribution in [0.3, 0.4) is 0 Å². The van der Waals surface area contributed by atoms with Crippen molar-refractivity contribution in [1.82, 2.24) is 0 Å². The minimum Gasteiger partial charge on any atom is -0.293 e. The Morgan fingerprint density at radius 1 is 1.33 bits per heavy atom. The zero-order chi connectivity index (χ0) is 11.1. The Kier molecular flexibility index (Phi) is 4.47. The van der Waals surface area contributed by atoms with Gasteiger partial charge < -0.3 is 0 Å². The normalized spacial score (nSPS) is 8.53. The Morgan fingerprint density at radius 2 is 2.00 bits per heavy atom. The van der Waals surface area contributed by atoms with E-state index >= 15 is 0 Å². The third kappa shape index (κ3) is 3.50. The lowest BCUT2D eigenvalue weighted by Crippen LogP contribution is -1.96. The van der Waals surface area contributed by atoms with Crippen LogP contribution in [0.25, 0.3) is 0 Å². The first-order chi connectivity index (χ1) is 7.27. The molecule has 0 amide bonds. The molecule has 0 radical (unpaired) electrons. The highest BCUT2D eigenvalue weighted by Crippen LogP contribution is 2.05. The van der Waals surface area contributed by atoms with Crippen LogP contribution in [0.15, 0.2) is 24.3 Å². The number of ketones is 1. The second-order valence-electron chi connectivity index (χ2n) is 2.80. The molecular weight excluding hydrogens is 206 g/mol. The molecule has 0 aliphatic carbocycles. The van der Waals surface area contributed by atoms with E-state index in [4.69, 9.17) is 5.26 Å². The van der Waals surface area contributed by atoms with E-state index in [2.05, 4.69) is 24.5 Å². The number of thiol groups is 1. The molecule has 2 nitrogen and oxygen atoms in total. The number of nitriles is 1. The topological polar surface area (TPSA) is 40.9 Å². The second kappa shape index (κ2) is 5.90. The smallest absolute Gasteiger partial charge is 0.176 e. The Balaban J connectivity index is 2.81. The van der Waals surface area contributed by atoms with Gasteiger partial charge in [-0.25, -0.2) is 0 Å². The molecule has 0 atom stereocenters. The molecule has 0 saturated heterocycles. The molecule has 74 valence electrons. The van der Waals surface area contributed by atoms with Gasteiger partial charge in [-0.15, -0.1) is 0 Å². The van der Waals surface area contributed by atoms with Crippen LogP contribution in [0.4, 0.5) is 0 Å². The number of hydrogen-bond donors (Lipinski definition) is 1. The fourth-order valence-corrected chi connectivity index (χ4v) is 1.13. The molecule has 0 aliphatic rings. The fourth-order valence-electron chi connectivity index (χ4n) is 1.05. The zero-order valence-corrected chi connectivity index (χ0v) is 8.92. The number of hydrogen-bond acceptors (Lipinski definition) is 3. The van der Waals surface area contributed by atoms with Gasteiger partial charge in [0.05, 0.1) is 18.2 Å². The van der Waals surface area contributed by atoms with Crippen LogP contribution in [0.5, 0.6) is 0 Å². The summed E-state index contributed by atoms with van der Waals surface area (Å²) in [5.41, 5.74) is 1.39. The molecule has 0 heterocycles. The van der Waals surface area contributed by atoms with Crippen molar-refractivity contribution >= 4 is 18.4 Å². The number of carbonyl (C=O) groups excluding carboxylic acids is 1. The van der Waals surface area contributed by atoms with E-state index in [-0.39, 0.29) is 12.2 Å². The maximum absolute atomic E-state index is 11.3. The van der Waals surface area contributed by atoms with Gasteiger partial charge in [0.15, 0.2) is 5.78 Å². The summed E-state index contributed by atoms with van der Waals surface area (Å²) in [4.78, 5) is 11.3. The van der Waals surface area contributed by atoms with Crippen LogP contribution in [0, 0.1) is 23.2 Å². The number of carbonyl (C=O) groups is 1. The highest BCUT2D eigenvalue weighted by Gasteiger charge is 2.03. The summed E-state index contributed by atoms with van der Waals surface area (Å²) in [6.45, 7) is 0. The van der Waals surface area contributed by atoms with Gasteiger partial charge in [0.25, 0.3) is 0 Å². The predicted octanol–water partition coefficient (Wildman–Crippen LogP) is 2.06. The van der Waals surface area contributed by atoms with Crippen molar-refractivity contribution in [1.29, 1.82) is 5.26 Å². The first-order valence-corrected chi connectivity index (χ1v) is 5.01. The maximum Gasteiger partial charge on any atom is 0.176 e. The lowest BCUT2D eigenvalue weighted by molar-refractivity contribution is 0.0998. The standard InChI is InChI=1S/C12H9NOS/c13-8-7-12(14)11-5-3-10(4-6-11)2-1-9-15/h3-6,15H,7,9H2. The summed E-state index contributed by atoms with van der Waals surface area (Å²) in [5.74, 6) is 6.05. The molecule has 1 aromatic carbocycles. The molecule has 15 heavy (non-hydrogen) atoms. The third-order valence-electron chi connectivity index (χ3n) is 1.76. The van der Waals surface area contributed by atoms with Gasteiger partial charge in [-0.05, 0) is 12.1 Å². The molecule has 0 saturated carbocycles. The van der Waals surface area contributed by atoms with Gasteiger partial charge in [0, 0.05) is 11.1 Å².